The summed E-state index contributed by atoms with van der Waals surface area (Å²) >= 11 is 4.76. The van der Waals surface area contributed by atoms with Gasteiger partial charge in [-0.05, 0) is 50.7 Å². The molecule has 1 rings (SSSR count). The summed E-state index contributed by atoms with van der Waals surface area (Å²) in [5, 5.41) is 0. The molecule has 0 unspecified atom stereocenters. The van der Waals surface area contributed by atoms with Crippen LogP contribution >= 0.6 is 38.5 Å². The van der Waals surface area contributed by atoms with E-state index in [-0.39, 0.29) is 4.47 Å². The number of hydrogen-bond acceptors (Lipinski definition) is 0. The SMILES string of the molecule is Fc1ccc(I)c(Br)c1C(F)F. The number of halogens is 5. The first kappa shape index (κ1) is 10.3. The van der Waals surface area contributed by atoms with Crippen LogP contribution in [0.2, 0.25) is 0 Å². The summed E-state index contributed by atoms with van der Waals surface area (Å²) in [6.07, 6.45) is -2.78. The van der Waals surface area contributed by atoms with Gasteiger partial charge in [0.25, 0.3) is 6.43 Å². The highest BCUT2D eigenvalue weighted by atomic mass is 127. The summed E-state index contributed by atoms with van der Waals surface area (Å²) in [5.74, 6) is -0.878. The molecule has 0 saturated carbocycles. The minimum absolute atomic E-state index is 0.137. The molecular formula is C7H3BrF3I. The Kier molecular flexibility index (Phi) is 3.39. The molecule has 0 nitrogen and oxygen atoms in total. The number of rotatable bonds is 1. The molecule has 0 bridgehead atoms. The zero-order valence-corrected chi connectivity index (χ0v) is 9.37. The van der Waals surface area contributed by atoms with Crippen molar-refractivity contribution >= 4 is 38.5 Å². The van der Waals surface area contributed by atoms with Crippen LogP contribution in [0.3, 0.4) is 0 Å². The van der Waals surface area contributed by atoms with E-state index in [9.17, 15) is 13.2 Å². The number of benzene rings is 1. The van der Waals surface area contributed by atoms with Gasteiger partial charge >= 0.3 is 0 Å². The average molecular weight is 351 g/mol. The summed E-state index contributed by atoms with van der Waals surface area (Å²) in [7, 11) is 0. The lowest BCUT2D eigenvalue weighted by atomic mass is 10.2. The summed E-state index contributed by atoms with van der Waals surface area (Å²) in [6, 6.07) is 2.47. The van der Waals surface area contributed by atoms with Crippen LogP contribution in [-0.4, -0.2) is 0 Å². The van der Waals surface area contributed by atoms with Gasteiger partial charge in [-0.25, -0.2) is 13.2 Å². The monoisotopic (exact) mass is 350 g/mol. The van der Waals surface area contributed by atoms with Crippen LogP contribution in [0.5, 0.6) is 0 Å². The van der Waals surface area contributed by atoms with Gasteiger partial charge in [0.05, 0.1) is 5.56 Å². The third kappa shape index (κ3) is 1.93. The second kappa shape index (κ2) is 3.95. The van der Waals surface area contributed by atoms with Crippen molar-refractivity contribution < 1.29 is 13.2 Å². The molecule has 12 heavy (non-hydrogen) atoms. The van der Waals surface area contributed by atoms with Crippen molar-refractivity contribution in [2.24, 2.45) is 0 Å². The summed E-state index contributed by atoms with van der Waals surface area (Å²) in [4.78, 5) is 0. The topological polar surface area (TPSA) is 0 Å². The van der Waals surface area contributed by atoms with Gasteiger partial charge in [-0.2, -0.15) is 0 Å². The lowest BCUT2D eigenvalue weighted by molar-refractivity contribution is 0.145. The summed E-state index contributed by atoms with van der Waals surface area (Å²) in [5.41, 5.74) is -0.568. The molecule has 0 radical (unpaired) electrons. The molecular weight excluding hydrogens is 348 g/mol. The zero-order valence-electron chi connectivity index (χ0n) is 5.62. The molecule has 5 heteroatoms. The Hall–Kier alpha value is 0.220. The van der Waals surface area contributed by atoms with E-state index in [4.69, 9.17) is 0 Å². The van der Waals surface area contributed by atoms with Gasteiger partial charge in [-0.3, -0.25) is 0 Å². The van der Waals surface area contributed by atoms with E-state index < -0.39 is 17.8 Å². The molecule has 0 spiro atoms. The Labute approximate surface area is 89.4 Å². The fourth-order valence-electron chi connectivity index (χ4n) is 0.743. The van der Waals surface area contributed by atoms with Crippen LogP contribution in [-0.2, 0) is 0 Å². The fourth-order valence-corrected chi connectivity index (χ4v) is 1.71. The van der Waals surface area contributed by atoms with E-state index in [1.165, 1.54) is 6.07 Å². The quantitative estimate of drug-likeness (QED) is 0.527. The standard InChI is InChI=1S/C7H3BrF3I/c8-6-4(12)2-1-3(9)5(6)7(10)11/h1-2,7H. The van der Waals surface area contributed by atoms with Gasteiger partial charge in [0.2, 0.25) is 0 Å². The third-order valence-electron chi connectivity index (χ3n) is 1.30. The maximum atomic E-state index is 12.8. The van der Waals surface area contributed by atoms with E-state index in [2.05, 4.69) is 15.9 Å². The van der Waals surface area contributed by atoms with E-state index in [0.29, 0.717) is 3.57 Å². The maximum Gasteiger partial charge on any atom is 0.267 e. The van der Waals surface area contributed by atoms with Crippen molar-refractivity contribution in [3.05, 3.63) is 31.6 Å². The first-order chi connectivity index (χ1) is 5.54. The first-order valence-electron chi connectivity index (χ1n) is 2.95. The molecule has 0 atom stereocenters. The first-order valence-corrected chi connectivity index (χ1v) is 4.82. The van der Waals surface area contributed by atoms with Gasteiger partial charge in [-0.1, -0.05) is 0 Å². The molecule has 0 aromatic heterocycles. The Balaban J connectivity index is 3.33. The molecule has 0 heterocycles. The molecule has 1 aromatic rings. The molecule has 66 valence electrons. The number of hydrogen-bond donors (Lipinski definition) is 0. The van der Waals surface area contributed by atoms with Crippen LogP contribution in [0.1, 0.15) is 12.0 Å². The predicted octanol–water partition coefficient (Wildman–Crippen LogP) is 4.13. The normalized spacial score (nSPS) is 10.8. The molecule has 0 aliphatic heterocycles. The lowest BCUT2D eigenvalue weighted by Crippen LogP contribution is -1.94. The lowest BCUT2D eigenvalue weighted by Gasteiger charge is -2.05. The number of alkyl halides is 2. The minimum Gasteiger partial charge on any atom is -0.206 e. The van der Waals surface area contributed by atoms with Crippen molar-refractivity contribution in [2.45, 2.75) is 6.43 Å². The van der Waals surface area contributed by atoms with Crippen molar-refractivity contribution in [1.29, 1.82) is 0 Å². The van der Waals surface area contributed by atoms with Gasteiger partial charge in [-0.15, -0.1) is 0 Å². The van der Waals surface area contributed by atoms with Gasteiger partial charge in [0.15, 0.2) is 0 Å². The van der Waals surface area contributed by atoms with E-state index >= 15 is 0 Å². The Morgan fingerprint density at radius 2 is 1.92 bits per heavy atom. The molecule has 0 amide bonds. The van der Waals surface area contributed by atoms with E-state index in [1.54, 1.807) is 0 Å². The van der Waals surface area contributed by atoms with E-state index in [0.717, 1.165) is 6.07 Å². The molecule has 0 aliphatic carbocycles. The highest BCUT2D eigenvalue weighted by molar-refractivity contribution is 14.1. The molecule has 0 saturated heterocycles. The molecule has 1 aromatic carbocycles. The minimum atomic E-state index is -2.78. The van der Waals surface area contributed by atoms with E-state index in [1.807, 2.05) is 22.6 Å². The van der Waals surface area contributed by atoms with Gasteiger partial charge in [0, 0.05) is 8.04 Å². The van der Waals surface area contributed by atoms with Crippen LogP contribution in [0.15, 0.2) is 16.6 Å². The van der Waals surface area contributed by atoms with Gasteiger partial charge in [0.1, 0.15) is 5.82 Å². The molecule has 0 N–H and O–H groups in total. The zero-order chi connectivity index (χ0) is 9.30. The van der Waals surface area contributed by atoms with Crippen LogP contribution < -0.4 is 0 Å². The third-order valence-corrected chi connectivity index (χ3v) is 3.79. The van der Waals surface area contributed by atoms with Crippen LogP contribution in [0, 0.1) is 9.39 Å². The Bertz CT molecular complexity index is 301. The van der Waals surface area contributed by atoms with Gasteiger partial charge < -0.3 is 0 Å². The second-order valence-electron chi connectivity index (χ2n) is 2.06. The van der Waals surface area contributed by atoms with Crippen molar-refractivity contribution in [2.75, 3.05) is 0 Å². The highest BCUT2D eigenvalue weighted by Gasteiger charge is 2.18. The average Bonchev–Trinajstić information content (AvgIpc) is 1.97. The predicted molar refractivity (Wildman–Crippen MR) is 51.8 cm³/mol. The second-order valence-corrected chi connectivity index (χ2v) is 4.01. The Morgan fingerprint density at radius 1 is 1.33 bits per heavy atom. The van der Waals surface area contributed by atoms with Crippen molar-refractivity contribution in [3.8, 4) is 0 Å². The Morgan fingerprint density at radius 3 is 2.33 bits per heavy atom. The van der Waals surface area contributed by atoms with Crippen LogP contribution in [0.25, 0.3) is 0 Å². The summed E-state index contributed by atoms with van der Waals surface area (Å²) in [6.45, 7) is 0. The molecule has 0 aliphatic rings. The highest BCUT2D eigenvalue weighted by Crippen LogP contribution is 2.32. The summed E-state index contributed by atoms with van der Waals surface area (Å²) < 4.78 is 37.9. The largest absolute Gasteiger partial charge is 0.267 e. The van der Waals surface area contributed by atoms with Crippen molar-refractivity contribution in [3.63, 3.8) is 0 Å². The fraction of sp³-hybridized carbons (Fsp3) is 0.143. The smallest absolute Gasteiger partial charge is 0.206 e. The maximum absolute atomic E-state index is 12.8. The molecule has 0 fully saturated rings. The van der Waals surface area contributed by atoms with Crippen molar-refractivity contribution in [1.82, 2.24) is 0 Å². The van der Waals surface area contributed by atoms with Crippen LogP contribution in [0.4, 0.5) is 13.2 Å².